The van der Waals surface area contributed by atoms with Gasteiger partial charge in [0.05, 0.1) is 12.2 Å². The minimum atomic E-state index is 0.185. The van der Waals surface area contributed by atoms with Crippen LogP contribution in [-0.2, 0) is 4.74 Å². The molecular weight excluding hydrogens is 374 g/mol. The van der Waals surface area contributed by atoms with Crippen LogP contribution in [0.4, 0.5) is 5.69 Å². The van der Waals surface area contributed by atoms with Crippen LogP contribution in [0.15, 0.2) is 24.3 Å². The molecule has 2 saturated heterocycles. The summed E-state index contributed by atoms with van der Waals surface area (Å²) in [5.41, 5.74) is 2.04. The zero-order chi connectivity index (χ0) is 21.5. The number of amides is 1. The molecule has 0 aliphatic carbocycles. The Bertz CT molecular complexity index is 645. The molecule has 2 atom stereocenters. The molecule has 5 heteroatoms. The zero-order valence-corrected chi connectivity index (χ0v) is 19.5. The first kappa shape index (κ1) is 23.1. The number of carbonyl (C=O) groups is 1. The first-order chi connectivity index (χ1) is 14.5. The number of nitrogens with zero attached hydrogens (tertiary/aromatic N) is 3. The molecule has 30 heavy (non-hydrogen) atoms. The van der Waals surface area contributed by atoms with Gasteiger partial charge in [-0.1, -0.05) is 13.3 Å². The molecule has 0 N–H and O–H groups in total. The van der Waals surface area contributed by atoms with Gasteiger partial charge in [-0.3, -0.25) is 9.69 Å². The second-order valence-corrected chi connectivity index (χ2v) is 9.19. The predicted octanol–water partition coefficient (Wildman–Crippen LogP) is 4.27. The number of anilines is 1. The van der Waals surface area contributed by atoms with Crippen molar-refractivity contribution in [3.05, 3.63) is 29.8 Å². The van der Waals surface area contributed by atoms with Gasteiger partial charge in [0.2, 0.25) is 0 Å². The van der Waals surface area contributed by atoms with Crippen molar-refractivity contribution in [2.45, 2.75) is 65.6 Å². The van der Waals surface area contributed by atoms with Gasteiger partial charge in [0.1, 0.15) is 0 Å². The van der Waals surface area contributed by atoms with Crippen LogP contribution < -0.4 is 4.90 Å². The third kappa shape index (κ3) is 6.21. The Morgan fingerprint density at radius 1 is 1.07 bits per heavy atom. The highest BCUT2D eigenvalue weighted by Crippen LogP contribution is 2.23. The minimum Gasteiger partial charge on any atom is -0.373 e. The second-order valence-electron chi connectivity index (χ2n) is 9.19. The summed E-state index contributed by atoms with van der Waals surface area (Å²) < 4.78 is 5.85. The number of piperidine rings is 1. The average molecular weight is 416 g/mol. The largest absolute Gasteiger partial charge is 0.373 e. The molecule has 0 bridgehead atoms. The maximum absolute atomic E-state index is 13.0. The number of unbranched alkanes of at least 4 members (excludes halogenated alkanes) is 1. The summed E-state index contributed by atoms with van der Waals surface area (Å²) in [7, 11) is 0. The number of carbonyl (C=O) groups excluding carboxylic acids is 1. The summed E-state index contributed by atoms with van der Waals surface area (Å²) in [6, 6.07) is 8.24. The SMILES string of the molecule is CCCCN(CC)c1ccc(C(=O)N2CCC(CN3CC(C)OC(C)C3)CC2)cc1. The molecule has 2 aliphatic rings. The summed E-state index contributed by atoms with van der Waals surface area (Å²) in [5.74, 6) is 0.871. The molecule has 0 spiro atoms. The maximum Gasteiger partial charge on any atom is 0.253 e. The number of morpholine rings is 1. The van der Waals surface area contributed by atoms with E-state index in [0.717, 1.165) is 64.2 Å². The standard InChI is InChI=1S/C25H41N3O2/c1-5-7-14-27(6-2)24-10-8-23(9-11-24)25(29)28-15-12-22(13-16-28)19-26-17-20(3)30-21(4)18-26/h8-11,20-22H,5-7,12-19H2,1-4H3. The molecule has 3 rings (SSSR count). The fourth-order valence-electron chi connectivity index (χ4n) is 4.93. The van der Waals surface area contributed by atoms with E-state index < -0.39 is 0 Å². The maximum atomic E-state index is 13.0. The molecule has 1 amide bonds. The van der Waals surface area contributed by atoms with Crippen LogP contribution >= 0.6 is 0 Å². The Morgan fingerprint density at radius 2 is 1.70 bits per heavy atom. The highest BCUT2D eigenvalue weighted by atomic mass is 16.5. The van der Waals surface area contributed by atoms with Crippen molar-refractivity contribution in [1.29, 1.82) is 0 Å². The average Bonchev–Trinajstić information content (AvgIpc) is 2.74. The summed E-state index contributed by atoms with van der Waals surface area (Å²) in [4.78, 5) is 20.0. The first-order valence-corrected chi connectivity index (χ1v) is 12.0. The Labute approximate surface area is 183 Å². The van der Waals surface area contributed by atoms with Crippen molar-refractivity contribution in [3.63, 3.8) is 0 Å². The molecule has 0 radical (unpaired) electrons. The number of rotatable bonds is 8. The van der Waals surface area contributed by atoms with Crippen LogP contribution in [0.25, 0.3) is 0 Å². The van der Waals surface area contributed by atoms with Crippen molar-refractivity contribution in [2.75, 3.05) is 50.7 Å². The molecule has 2 aliphatic heterocycles. The van der Waals surface area contributed by atoms with Crippen molar-refractivity contribution in [3.8, 4) is 0 Å². The number of benzene rings is 1. The van der Waals surface area contributed by atoms with Crippen molar-refractivity contribution in [2.24, 2.45) is 5.92 Å². The summed E-state index contributed by atoms with van der Waals surface area (Å²) in [6.07, 6.45) is 5.25. The fraction of sp³-hybridized carbons (Fsp3) is 0.720. The van der Waals surface area contributed by atoms with Gasteiger partial charge in [0.25, 0.3) is 5.91 Å². The molecule has 1 aromatic carbocycles. The second kappa shape index (κ2) is 11.1. The van der Waals surface area contributed by atoms with E-state index in [1.165, 1.54) is 18.5 Å². The van der Waals surface area contributed by atoms with Crippen LogP contribution in [-0.4, -0.2) is 73.7 Å². The third-order valence-electron chi connectivity index (χ3n) is 6.56. The molecule has 1 aromatic rings. The monoisotopic (exact) mass is 415 g/mol. The Hall–Kier alpha value is -1.59. The smallest absolute Gasteiger partial charge is 0.253 e. The number of hydrogen-bond acceptors (Lipinski definition) is 4. The molecule has 168 valence electrons. The van der Waals surface area contributed by atoms with Gasteiger partial charge < -0.3 is 14.5 Å². The quantitative estimate of drug-likeness (QED) is 0.635. The van der Waals surface area contributed by atoms with Crippen LogP contribution in [0.1, 0.15) is 63.7 Å². The van der Waals surface area contributed by atoms with E-state index in [1.54, 1.807) is 0 Å². The van der Waals surface area contributed by atoms with E-state index >= 15 is 0 Å². The lowest BCUT2D eigenvalue weighted by Crippen LogP contribution is -2.48. The molecular formula is C25H41N3O2. The number of ether oxygens (including phenoxy) is 1. The summed E-state index contributed by atoms with van der Waals surface area (Å²) in [6.45, 7) is 15.8. The molecule has 2 fully saturated rings. The fourth-order valence-corrected chi connectivity index (χ4v) is 4.93. The number of hydrogen-bond donors (Lipinski definition) is 0. The van der Waals surface area contributed by atoms with Gasteiger partial charge in [-0.2, -0.15) is 0 Å². The number of likely N-dealkylation sites (tertiary alicyclic amines) is 1. The Kier molecular flexibility index (Phi) is 8.58. The lowest BCUT2D eigenvalue weighted by molar-refractivity contribution is -0.0728. The van der Waals surface area contributed by atoms with Crippen molar-refractivity contribution in [1.82, 2.24) is 9.80 Å². The van der Waals surface area contributed by atoms with Crippen LogP contribution in [0.3, 0.4) is 0 Å². The summed E-state index contributed by atoms with van der Waals surface area (Å²) >= 11 is 0. The van der Waals surface area contributed by atoms with E-state index in [0.29, 0.717) is 18.1 Å². The van der Waals surface area contributed by atoms with E-state index in [4.69, 9.17) is 4.74 Å². The lowest BCUT2D eigenvalue weighted by Gasteiger charge is -2.39. The van der Waals surface area contributed by atoms with Crippen LogP contribution in [0, 0.1) is 5.92 Å². The first-order valence-electron chi connectivity index (χ1n) is 12.0. The molecule has 0 saturated carbocycles. The highest BCUT2D eigenvalue weighted by molar-refractivity contribution is 5.94. The van der Waals surface area contributed by atoms with Gasteiger partial charge in [-0.05, 0) is 70.2 Å². The normalized spacial score (nSPS) is 23.5. The van der Waals surface area contributed by atoms with E-state index in [2.05, 4.69) is 49.6 Å². The Balaban J connectivity index is 1.49. The molecule has 2 heterocycles. The molecule has 0 aromatic heterocycles. The topological polar surface area (TPSA) is 36.0 Å². The third-order valence-corrected chi connectivity index (χ3v) is 6.56. The van der Waals surface area contributed by atoms with Gasteiger partial charge in [0, 0.05) is 57.1 Å². The van der Waals surface area contributed by atoms with Crippen molar-refractivity contribution >= 4 is 11.6 Å². The minimum absolute atomic E-state index is 0.185. The van der Waals surface area contributed by atoms with Crippen molar-refractivity contribution < 1.29 is 9.53 Å². The predicted molar refractivity (Wildman–Crippen MR) is 124 cm³/mol. The Morgan fingerprint density at radius 3 is 2.27 bits per heavy atom. The zero-order valence-electron chi connectivity index (χ0n) is 19.5. The summed E-state index contributed by atoms with van der Waals surface area (Å²) in [5, 5.41) is 0. The van der Waals surface area contributed by atoms with Crippen LogP contribution in [0.2, 0.25) is 0 Å². The molecule has 2 unspecified atom stereocenters. The van der Waals surface area contributed by atoms with Gasteiger partial charge in [-0.15, -0.1) is 0 Å². The van der Waals surface area contributed by atoms with Gasteiger partial charge in [-0.25, -0.2) is 0 Å². The van der Waals surface area contributed by atoms with E-state index in [-0.39, 0.29) is 5.91 Å². The van der Waals surface area contributed by atoms with Gasteiger partial charge in [0.15, 0.2) is 0 Å². The van der Waals surface area contributed by atoms with Gasteiger partial charge >= 0.3 is 0 Å². The van der Waals surface area contributed by atoms with E-state index in [9.17, 15) is 4.79 Å². The van der Waals surface area contributed by atoms with Crippen LogP contribution in [0.5, 0.6) is 0 Å². The van der Waals surface area contributed by atoms with E-state index in [1.807, 2.05) is 17.0 Å². The molecule has 5 nitrogen and oxygen atoms in total. The highest BCUT2D eigenvalue weighted by Gasteiger charge is 2.28. The lowest BCUT2D eigenvalue weighted by atomic mass is 9.95.